The fraction of sp³-hybridized carbons (Fsp3) is 0. The minimum absolute atomic E-state index is 0.207. The summed E-state index contributed by atoms with van der Waals surface area (Å²) >= 11 is 0. The van der Waals surface area contributed by atoms with Crippen LogP contribution in [-0.4, -0.2) is 19.7 Å². The standard InChI is InChI=1S/C7H5N7/c8-13-12-6-7(10-4-3-9-6)14-5-1-2-11-14/h1-5H. The van der Waals surface area contributed by atoms with E-state index in [2.05, 4.69) is 25.1 Å². The van der Waals surface area contributed by atoms with Gasteiger partial charge < -0.3 is 0 Å². The molecule has 7 heteroatoms. The Morgan fingerprint density at radius 2 is 2.14 bits per heavy atom. The van der Waals surface area contributed by atoms with Gasteiger partial charge >= 0.3 is 0 Å². The van der Waals surface area contributed by atoms with Crippen molar-refractivity contribution in [1.29, 1.82) is 0 Å². The maximum Gasteiger partial charge on any atom is 0.181 e. The van der Waals surface area contributed by atoms with Crippen LogP contribution in [0.5, 0.6) is 0 Å². The molecule has 2 heterocycles. The van der Waals surface area contributed by atoms with Crippen LogP contribution in [0.2, 0.25) is 0 Å². The van der Waals surface area contributed by atoms with Gasteiger partial charge in [0.25, 0.3) is 0 Å². The Hall–Kier alpha value is -2.40. The summed E-state index contributed by atoms with van der Waals surface area (Å²) in [6.45, 7) is 0. The molecule has 0 spiro atoms. The zero-order valence-electron chi connectivity index (χ0n) is 7.02. The van der Waals surface area contributed by atoms with E-state index < -0.39 is 0 Å². The number of rotatable bonds is 2. The summed E-state index contributed by atoms with van der Waals surface area (Å²) in [4.78, 5) is 10.6. The van der Waals surface area contributed by atoms with Crippen molar-refractivity contribution in [2.24, 2.45) is 5.11 Å². The molecule has 0 saturated carbocycles. The Kier molecular flexibility index (Phi) is 2.08. The third kappa shape index (κ3) is 1.39. The molecule has 0 N–H and O–H groups in total. The van der Waals surface area contributed by atoms with Gasteiger partial charge in [0.15, 0.2) is 11.6 Å². The van der Waals surface area contributed by atoms with Crippen molar-refractivity contribution in [3.8, 4) is 5.82 Å². The van der Waals surface area contributed by atoms with Gasteiger partial charge in [-0.25, -0.2) is 14.6 Å². The second-order valence-electron chi connectivity index (χ2n) is 2.34. The molecule has 0 aromatic carbocycles. The molecule has 0 radical (unpaired) electrons. The van der Waals surface area contributed by atoms with Crippen molar-refractivity contribution in [2.75, 3.05) is 0 Å². The van der Waals surface area contributed by atoms with E-state index in [-0.39, 0.29) is 5.82 Å². The first kappa shape index (κ1) is 8.21. The van der Waals surface area contributed by atoms with Crippen molar-refractivity contribution in [3.63, 3.8) is 0 Å². The molecule has 7 nitrogen and oxygen atoms in total. The van der Waals surface area contributed by atoms with E-state index in [1.165, 1.54) is 17.1 Å². The lowest BCUT2D eigenvalue weighted by Gasteiger charge is -2.00. The molecule has 2 aromatic heterocycles. The molecular formula is C7H5N7. The van der Waals surface area contributed by atoms with Gasteiger partial charge in [-0.05, 0) is 16.7 Å². The Bertz CT molecular complexity index is 469. The molecule has 0 aliphatic heterocycles. The highest BCUT2D eigenvalue weighted by Gasteiger charge is 2.04. The van der Waals surface area contributed by atoms with Crippen LogP contribution in [0.1, 0.15) is 0 Å². The van der Waals surface area contributed by atoms with E-state index in [4.69, 9.17) is 5.53 Å². The fourth-order valence-corrected chi connectivity index (χ4v) is 0.992. The smallest absolute Gasteiger partial charge is 0.181 e. The lowest BCUT2D eigenvalue weighted by molar-refractivity contribution is 0.837. The van der Waals surface area contributed by atoms with Crippen molar-refractivity contribution >= 4 is 5.82 Å². The minimum Gasteiger partial charge on any atom is -0.249 e. The first-order chi connectivity index (χ1) is 6.92. The molecule has 0 fully saturated rings. The quantitative estimate of drug-likeness (QED) is 0.406. The highest BCUT2D eigenvalue weighted by molar-refractivity contribution is 5.43. The normalized spacial score (nSPS) is 9.43. The second-order valence-corrected chi connectivity index (χ2v) is 2.34. The lowest BCUT2D eigenvalue weighted by Crippen LogP contribution is -1.98. The maximum atomic E-state index is 8.30. The van der Waals surface area contributed by atoms with Gasteiger partial charge in [-0.3, -0.25) is 0 Å². The number of hydrogen-bond acceptors (Lipinski definition) is 4. The summed E-state index contributed by atoms with van der Waals surface area (Å²) in [7, 11) is 0. The largest absolute Gasteiger partial charge is 0.249 e. The molecule has 0 aliphatic rings. The van der Waals surface area contributed by atoms with E-state index in [0.717, 1.165) is 0 Å². The summed E-state index contributed by atoms with van der Waals surface area (Å²) in [6, 6.07) is 1.74. The van der Waals surface area contributed by atoms with E-state index >= 15 is 0 Å². The van der Waals surface area contributed by atoms with Crippen LogP contribution in [0.3, 0.4) is 0 Å². The fourth-order valence-electron chi connectivity index (χ4n) is 0.992. The zero-order valence-corrected chi connectivity index (χ0v) is 7.02. The summed E-state index contributed by atoms with van der Waals surface area (Å²) in [6.07, 6.45) is 6.26. The van der Waals surface area contributed by atoms with Crippen molar-refractivity contribution < 1.29 is 0 Å². The topological polar surface area (TPSA) is 92.4 Å². The Balaban J connectivity index is 2.57. The highest BCUT2D eigenvalue weighted by atomic mass is 15.3. The zero-order chi connectivity index (χ0) is 9.80. The number of hydrogen-bond donors (Lipinski definition) is 0. The Morgan fingerprint density at radius 3 is 2.86 bits per heavy atom. The van der Waals surface area contributed by atoms with Crippen molar-refractivity contribution in [1.82, 2.24) is 19.7 Å². The monoisotopic (exact) mass is 187 g/mol. The number of azide groups is 1. The second kappa shape index (κ2) is 3.55. The SMILES string of the molecule is [N-]=[N+]=Nc1nccnc1-n1cccn1. The average molecular weight is 187 g/mol. The molecule has 68 valence electrons. The summed E-state index contributed by atoms with van der Waals surface area (Å²) in [5, 5.41) is 7.37. The van der Waals surface area contributed by atoms with E-state index in [9.17, 15) is 0 Å². The molecule has 0 unspecified atom stereocenters. The van der Waals surface area contributed by atoms with Gasteiger partial charge in [-0.1, -0.05) is 0 Å². The van der Waals surface area contributed by atoms with Crippen LogP contribution in [0.15, 0.2) is 36.0 Å². The summed E-state index contributed by atoms with van der Waals surface area (Å²) in [5.41, 5.74) is 8.30. The summed E-state index contributed by atoms with van der Waals surface area (Å²) < 4.78 is 1.48. The van der Waals surface area contributed by atoms with Gasteiger partial charge in [0.2, 0.25) is 0 Å². The molecular weight excluding hydrogens is 182 g/mol. The Morgan fingerprint density at radius 1 is 1.29 bits per heavy atom. The maximum absolute atomic E-state index is 8.30. The van der Waals surface area contributed by atoms with Gasteiger partial charge in [-0.15, -0.1) is 0 Å². The average Bonchev–Trinajstić information content (AvgIpc) is 2.72. The van der Waals surface area contributed by atoms with Crippen molar-refractivity contribution in [2.45, 2.75) is 0 Å². The van der Waals surface area contributed by atoms with Crippen molar-refractivity contribution in [3.05, 3.63) is 41.3 Å². The van der Waals surface area contributed by atoms with Crippen LogP contribution in [0.4, 0.5) is 5.82 Å². The Labute approximate surface area is 78.7 Å². The third-order valence-electron chi connectivity index (χ3n) is 1.52. The van der Waals surface area contributed by atoms with Crippen LogP contribution in [-0.2, 0) is 0 Å². The minimum atomic E-state index is 0.207. The van der Waals surface area contributed by atoms with Crippen LogP contribution >= 0.6 is 0 Å². The first-order valence-corrected chi connectivity index (χ1v) is 3.78. The van der Waals surface area contributed by atoms with Crippen LogP contribution < -0.4 is 0 Å². The molecule has 0 atom stereocenters. The van der Waals surface area contributed by atoms with Gasteiger partial charge in [0.05, 0.1) is 0 Å². The molecule has 2 rings (SSSR count). The predicted molar refractivity (Wildman–Crippen MR) is 48.0 cm³/mol. The van der Waals surface area contributed by atoms with Crippen LogP contribution in [0, 0.1) is 0 Å². The van der Waals surface area contributed by atoms with Gasteiger partial charge in [-0.2, -0.15) is 5.10 Å². The third-order valence-corrected chi connectivity index (χ3v) is 1.52. The molecule has 0 amide bonds. The molecule has 0 aliphatic carbocycles. The van der Waals surface area contributed by atoms with Crippen LogP contribution in [0.25, 0.3) is 16.3 Å². The first-order valence-electron chi connectivity index (χ1n) is 3.78. The number of aromatic nitrogens is 4. The van der Waals surface area contributed by atoms with Gasteiger partial charge in [0.1, 0.15) is 0 Å². The summed E-state index contributed by atoms with van der Waals surface area (Å²) in [5.74, 6) is 0.619. The predicted octanol–water partition coefficient (Wildman–Crippen LogP) is 1.60. The molecule has 0 saturated heterocycles. The number of nitrogens with zero attached hydrogens (tertiary/aromatic N) is 7. The van der Waals surface area contributed by atoms with E-state index in [1.54, 1.807) is 18.5 Å². The lowest BCUT2D eigenvalue weighted by atomic mass is 10.6. The van der Waals surface area contributed by atoms with Gasteiger partial charge in [0, 0.05) is 29.7 Å². The highest BCUT2D eigenvalue weighted by Crippen LogP contribution is 2.15. The van der Waals surface area contributed by atoms with E-state index in [1.807, 2.05) is 0 Å². The molecule has 0 bridgehead atoms. The van der Waals surface area contributed by atoms with E-state index in [0.29, 0.717) is 5.82 Å². The molecule has 2 aromatic rings. The molecule has 14 heavy (non-hydrogen) atoms.